The Morgan fingerprint density at radius 2 is 1.79 bits per heavy atom. The van der Waals surface area contributed by atoms with E-state index in [1.54, 1.807) is 11.3 Å². The molecule has 0 fully saturated rings. The molecule has 2 aromatic rings. The van der Waals surface area contributed by atoms with Gasteiger partial charge in [-0.05, 0) is 18.4 Å². The van der Waals surface area contributed by atoms with Crippen LogP contribution in [0.3, 0.4) is 0 Å². The predicted octanol–water partition coefficient (Wildman–Crippen LogP) is 3.67. The average molecular weight is 288 g/mol. The summed E-state index contributed by atoms with van der Waals surface area (Å²) in [4.78, 5) is 0.988. The lowest BCUT2D eigenvalue weighted by molar-refractivity contribution is 0.115. The second kappa shape index (κ2) is 5.45. The highest BCUT2D eigenvalue weighted by Crippen LogP contribution is 2.27. The number of aliphatic hydroxyl groups is 1. The van der Waals surface area contributed by atoms with Gasteiger partial charge in [0.2, 0.25) is 0 Å². The molecule has 3 heteroatoms. The van der Waals surface area contributed by atoms with Gasteiger partial charge in [-0.3, -0.25) is 0 Å². The minimum atomic E-state index is -1.64. The number of rotatable bonds is 4. The van der Waals surface area contributed by atoms with Crippen LogP contribution in [-0.2, 0) is 5.60 Å². The Labute approximate surface area is 120 Å². The molecule has 0 saturated heterocycles. The summed E-state index contributed by atoms with van der Waals surface area (Å²) in [5.41, 5.74) is 1.36. The highest BCUT2D eigenvalue weighted by atomic mass is 32.1. The molecule has 1 aromatic carbocycles. The van der Waals surface area contributed by atoms with Crippen LogP contribution in [0.4, 0.5) is 0 Å². The van der Waals surface area contributed by atoms with Crippen LogP contribution in [0.2, 0.25) is 13.1 Å². The van der Waals surface area contributed by atoms with Crippen molar-refractivity contribution in [2.75, 3.05) is 0 Å². The van der Waals surface area contributed by atoms with Crippen molar-refractivity contribution >= 4 is 24.6 Å². The van der Waals surface area contributed by atoms with E-state index in [-0.39, 0.29) is 0 Å². The van der Waals surface area contributed by atoms with E-state index in [1.165, 1.54) is 5.19 Å². The predicted molar refractivity (Wildman–Crippen MR) is 86.6 cm³/mol. The molecule has 1 atom stereocenters. The van der Waals surface area contributed by atoms with E-state index in [9.17, 15) is 5.11 Å². The molecule has 1 unspecified atom stereocenters. The molecule has 0 radical (unpaired) electrons. The van der Waals surface area contributed by atoms with Crippen molar-refractivity contribution in [1.29, 1.82) is 0 Å². The maximum absolute atomic E-state index is 10.5. The average Bonchev–Trinajstić information content (AvgIpc) is 2.93. The maximum atomic E-state index is 10.5. The molecular formula is C16H20OSSi. The summed E-state index contributed by atoms with van der Waals surface area (Å²) < 4.78 is 0. The summed E-state index contributed by atoms with van der Waals surface area (Å²) in [7, 11) is -1.64. The van der Waals surface area contributed by atoms with E-state index in [0.717, 1.165) is 4.88 Å². The summed E-state index contributed by atoms with van der Waals surface area (Å²) in [5, 5.41) is 13.9. The van der Waals surface area contributed by atoms with E-state index >= 15 is 0 Å². The lowest BCUT2D eigenvalue weighted by Gasteiger charge is -2.22. The lowest BCUT2D eigenvalue weighted by atomic mass is 10.1. The zero-order valence-corrected chi connectivity index (χ0v) is 13.4. The number of thiophene rings is 1. The van der Waals surface area contributed by atoms with Crippen LogP contribution >= 0.6 is 11.3 Å². The Balaban J connectivity index is 2.23. The van der Waals surface area contributed by atoms with Gasteiger partial charge in [-0.15, -0.1) is 11.3 Å². The summed E-state index contributed by atoms with van der Waals surface area (Å²) in [6, 6.07) is 14.5. The SMILES string of the molecule is CC(O)(/C=C/[Si](C)(C)c1ccccc1)c1cccs1. The molecule has 19 heavy (non-hydrogen) atoms. The summed E-state index contributed by atoms with van der Waals surface area (Å²) in [6.07, 6.45) is 1.96. The molecule has 1 nitrogen and oxygen atoms in total. The monoisotopic (exact) mass is 288 g/mol. The Morgan fingerprint density at radius 1 is 1.11 bits per heavy atom. The minimum Gasteiger partial charge on any atom is -0.380 e. The van der Waals surface area contributed by atoms with Crippen LogP contribution in [0, 0.1) is 0 Å². The number of hydrogen-bond donors (Lipinski definition) is 1. The maximum Gasteiger partial charge on any atom is 0.114 e. The van der Waals surface area contributed by atoms with Gasteiger partial charge in [0.25, 0.3) is 0 Å². The van der Waals surface area contributed by atoms with Gasteiger partial charge in [0.1, 0.15) is 13.7 Å². The van der Waals surface area contributed by atoms with Gasteiger partial charge in [-0.1, -0.05) is 66.5 Å². The van der Waals surface area contributed by atoms with Crippen LogP contribution in [0.5, 0.6) is 0 Å². The van der Waals surface area contributed by atoms with Crippen molar-refractivity contribution in [3.05, 3.63) is 64.5 Å². The Kier molecular flexibility index (Phi) is 4.09. The first-order valence-corrected chi connectivity index (χ1v) is 10.4. The third-order valence-corrected chi connectivity index (χ3v) is 7.28. The molecule has 0 amide bonds. The van der Waals surface area contributed by atoms with Gasteiger partial charge in [0.05, 0.1) is 0 Å². The van der Waals surface area contributed by atoms with Crippen LogP contribution in [-0.4, -0.2) is 13.2 Å². The first-order valence-electron chi connectivity index (χ1n) is 6.44. The lowest BCUT2D eigenvalue weighted by Crippen LogP contribution is -2.40. The van der Waals surface area contributed by atoms with Gasteiger partial charge in [0.15, 0.2) is 0 Å². The topological polar surface area (TPSA) is 20.2 Å². The molecule has 0 aliphatic carbocycles. The van der Waals surface area contributed by atoms with Gasteiger partial charge < -0.3 is 5.11 Å². The zero-order valence-electron chi connectivity index (χ0n) is 11.6. The number of hydrogen-bond acceptors (Lipinski definition) is 2. The molecule has 0 spiro atoms. The second-order valence-electron chi connectivity index (χ2n) is 5.55. The van der Waals surface area contributed by atoms with Crippen LogP contribution in [0.15, 0.2) is 59.6 Å². The Bertz CT molecular complexity index is 541. The number of benzene rings is 1. The highest BCUT2D eigenvalue weighted by Gasteiger charge is 2.24. The molecule has 1 N–H and O–H groups in total. The van der Waals surface area contributed by atoms with E-state index in [1.807, 2.05) is 36.6 Å². The zero-order chi connectivity index (χ0) is 13.9. The fourth-order valence-corrected chi connectivity index (χ4v) is 4.74. The Morgan fingerprint density at radius 3 is 2.37 bits per heavy atom. The fraction of sp³-hybridized carbons (Fsp3) is 0.250. The summed E-state index contributed by atoms with van der Waals surface area (Å²) >= 11 is 1.59. The normalized spacial score (nSPS) is 15.6. The molecular weight excluding hydrogens is 268 g/mol. The molecule has 1 heterocycles. The second-order valence-corrected chi connectivity index (χ2v) is 10.8. The smallest absolute Gasteiger partial charge is 0.114 e. The molecule has 0 aliphatic heterocycles. The minimum absolute atomic E-state index is 0.868. The summed E-state index contributed by atoms with van der Waals surface area (Å²) in [6.45, 7) is 6.44. The molecule has 2 rings (SSSR count). The third-order valence-electron chi connectivity index (χ3n) is 3.36. The third kappa shape index (κ3) is 3.44. The van der Waals surface area contributed by atoms with Gasteiger partial charge >= 0.3 is 0 Å². The van der Waals surface area contributed by atoms with E-state index in [0.29, 0.717) is 0 Å². The van der Waals surface area contributed by atoms with Crippen molar-refractivity contribution in [2.24, 2.45) is 0 Å². The van der Waals surface area contributed by atoms with Crippen LogP contribution < -0.4 is 5.19 Å². The van der Waals surface area contributed by atoms with Crippen molar-refractivity contribution in [3.8, 4) is 0 Å². The van der Waals surface area contributed by atoms with Gasteiger partial charge in [-0.25, -0.2) is 0 Å². The first kappa shape index (κ1) is 14.3. The van der Waals surface area contributed by atoms with E-state index < -0.39 is 13.7 Å². The van der Waals surface area contributed by atoms with Crippen LogP contribution in [0.1, 0.15) is 11.8 Å². The first-order chi connectivity index (χ1) is 8.92. The fourth-order valence-electron chi connectivity index (χ4n) is 1.98. The van der Waals surface area contributed by atoms with Gasteiger partial charge in [-0.2, -0.15) is 0 Å². The Hall–Kier alpha value is -1.16. The largest absolute Gasteiger partial charge is 0.380 e. The van der Waals surface area contributed by atoms with Gasteiger partial charge in [0, 0.05) is 4.88 Å². The van der Waals surface area contributed by atoms with Crippen LogP contribution in [0.25, 0.3) is 0 Å². The summed E-state index contributed by atoms with van der Waals surface area (Å²) in [5.74, 6) is 0. The quantitative estimate of drug-likeness (QED) is 0.851. The van der Waals surface area contributed by atoms with Crippen molar-refractivity contribution in [1.82, 2.24) is 0 Å². The molecule has 0 bridgehead atoms. The van der Waals surface area contributed by atoms with E-state index in [4.69, 9.17) is 0 Å². The van der Waals surface area contributed by atoms with Crippen molar-refractivity contribution in [2.45, 2.75) is 25.6 Å². The molecule has 100 valence electrons. The van der Waals surface area contributed by atoms with E-state index in [2.05, 4.69) is 43.1 Å². The molecule has 0 saturated carbocycles. The standard InChI is InChI=1S/C16H20OSSi/c1-16(17,15-10-7-12-18-15)11-13-19(2,3)14-8-5-4-6-9-14/h4-13,17H,1-3H3/b13-11+. The van der Waals surface area contributed by atoms with Crippen molar-refractivity contribution < 1.29 is 5.11 Å². The molecule has 1 aromatic heterocycles. The highest BCUT2D eigenvalue weighted by molar-refractivity contribution is 7.10. The molecule has 0 aliphatic rings. The van der Waals surface area contributed by atoms with Crippen molar-refractivity contribution in [3.63, 3.8) is 0 Å².